The minimum absolute atomic E-state index is 0.0798. The molecule has 1 saturated carbocycles. The molecule has 2 unspecified atom stereocenters. The van der Waals surface area contributed by atoms with E-state index >= 15 is 0 Å². The molecule has 0 bridgehead atoms. The summed E-state index contributed by atoms with van der Waals surface area (Å²) in [6.07, 6.45) is 0. The van der Waals surface area contributed by atoms with E-state index in [2.05, 4.69) is 10.6 Å². The molecule has 4 nitrogen and oxygen atoms in total. The summed E-state index contributed by atoms with van der Waals surface area (Å²) in [6.45, 7) is 3.00. The van der Waals surface area contributed by atoms with Crippen LogP contribution in [0, 0.1) is 17.8 Å². The third kappa shape index (κ3) is 2.13. The molecule has 1 aliphatic carbocycles. The van der Waals surface area contributed by atoms with E-state index in [-0.39, 0.29) is 11.8 Å². The maximum atomic E-state index is 13.0. The standard InChI is InChI=1S/C20H20N2O2/c23-20(22-11-16-14-9-21-10-15(14)16)19-12-5-1-3-7-17(12)24-18-8-4-2-6-13(18)19/h1-8,14-16,19,21H,9-11H2,(H,22,23). The molecule has 0 spiro atoms. The molecule has 3 aliphatic rings. The molecule has 2 aromatic rings. The number of carbonyl (C=O) groups is 1. The van der Waals surface area contributed by atoms with Crippen molar-refractivity contribution in [2.45, 2.75) is 5.92 Å². The number of nitrogens with one attached hydrogen (secondary N) is 2. The van der Waals surface area contributed by atoms with Crippen LogP contribution in [0.3, 0.4) is 0 Å². The topological polar surface area (TPSA) is 50.4 Å². The van der Waals surface area contributed by atoms with E-state index in [9.17, 15) is 4.79 Å². The lowest BCUT2D eigenvalue weighted by molar-refractivity contribution is -0.121. The van der Waals surface area contributed by atoms with E-state index in [4.69, 9.17) is 4.74 Å². The first-order valence-electron chi connectivity index (χ1n) is 8.67. The number of rotatable bonds is 3. The number of piperidine rings is 1. The fraction of sp³-hybridized carbons (Fsp3) is 0.350. The molecule has 2 aliphatic heterocycles. The Labute approximate surface area is 141 Å². The third-order valence-corrected chi connectivity index (χ3v) is 5.72. The van der Waals surface area contributed by atoms with Gasteiger partial charge in [-0.1, -0.05) is 36.4 Å². The fourth-order valence-electron chi connectivity index (χ4n) is 4.36. The number of para-hydroxylation sites is 2. The molecular weight excluding hydrogens is 300 g/mol. The van der Waals surface area contributed by atoms with Crippen molar-refractivity contribution in [3.8, 4) is 11.5 Å². The summed E-state index contributed by atoms with van der Waals surface area (Å²) < 4.78 is 5.97. The van der Waals surface area contributed by atoms with Crippen LogP contribution in [-0.2, 0) is 4.79 Å². The summed E-state index contributed by atoms with van der Waals surface area (Å²) in [5.41, 5.74) is 1.90. The Morgan fingerprint density at radius 2 is 1.58 bits per heavy atom. The Morgan fingerprint density at radius 1 is 1.00 bits per heavy atom. The number of carbonyl (C=O) groups excluding carboxylic acids is 1. The monoisotopic (exact) mass is 320 g/mol. The van der Waals surface area contributed by atoms with Crippen molar-refractivity contribution >= 4 is 5.91 Å². The average molecular weight is 320 g/mol. The Kier molecular flexibility index (Phi) is 3.13. The van der Waals surface area contributed by atoms with Crippen LogP contribution >= 0.6 is 0 Å². The van der Waals surface area contributed by atoms with Crippen LogP contribution in [0.4, 0.5) is 0 Å². The van der Waals surface area contributed by atoms with Gasteiger partial charge in [0.1, 0.15) is 11.5 Å². The molecule has 122 valence electrons. The van der Waals surface area contributed by atoms with Gasteiger partial charge in [-0.3, -0.25) is 4.79 Å². The van der Waals surface area contributed by atoms with Crippen molar-refractivity contribution < 1.29 is 9.53 Å². The molecule has 1 amide bonds. The number of hydrogen-bond donors (Lipinski definition) is 2. The zero-order valence-electron chi connectivity index (χ0n) is 13.4. The van der Waals surface area contributed by atoms with Crippen molar-refractivity contribution in [1.82, 2.24) is 10.6 Å². The third-order valence-electron chi connectivity index (χ3n) is 5.72. The predicted molar refractivity (Wildman–Crippen MR) is 91.2 cm³/mol. The van der Waals surface area contributed by atoms with Gasteiger partial charge >= 0.3 is 0 Å². The van der Waals surface area contributed by atoms with Gasteiger partial charge in [-0.05, 0) is 43.0 Å². The summed E-state index contributed by atoms with van der Waals surface area (Å²) in [4.78, 5) is 13.0. The highest BCUT2D eigenvalue weighted by molar-refractivity contribution is 5.89. The highest BCUT2D eigenvalue weighted by Gasteiger charge is 2.52. The molecule has 1 saturated heterocycles. The number of ether oxygens (including phenoxy) is 1. The maximum Gasteiger partial charge on any atom is 0.232 e. The van der Waals surface area contributed by atoms with Crippen LogP contribution in [0.1, 0.15) is 17.0 Å². The number of amides is 1. The van der Waals surface area contributed by atoms with E-state index in [1.807, 2.05) is 48.5 Å². The predicted octanol–water partition coefficient (Wildman–Crippen LogP) is 2.51. The molecule has 2 fully saturated rings. The summed E-state index contributed by atoms with van der Waals surface area (Å²) in [6, 6.07) is 15.7. The van der Waals surface area contributed by atoms with Crippen molar-refractivity contribution in [1.29, 1.82) is 0 Å². The lowest BCUT2D eigenvalue weighted by Crippen LogP contribution is -2.34. The number of hydrogen-bond acceptors (Lipinski definition) is 3. The average Bonchev–Trinajstić information content (AvgIpc) is 3.04. The zero-order chi connectivity index (χ0) is 16.1. The van der Waals surface area contributed by atoms with Gasteiger partial charge in [0.2, 0.25) is 5.91 Å². The van der Waals surface area contributed by atoms with Crippen molar-refractivity contribution in [3.63, 3.8) is 0 Å². The van der Waals surface area contributed by atoms with Gasteiger partial charge in [-0.25, -0.2) is 0 Å². The lowest BCUT2D eigenvalue weighted by Gasteiger charge is -2.27. The first kappa shape index (κ1) is 14.1. The molecule has 0 aromatic heterocycles. The van der Waals surface area contributed by atoms with Crippen LogP contribution in [0.5, 0.6) is 11.5 Å². The maximum absolute atomic E-state index is 13.0. The summed E-state index contributed by atoms with van der Waals surface area (Å²) in [5, 5.41) is 6.60. The molecule has 4 heteroatoms. The molecule has 0 radical (unpaired) electrons. The van der Waals surface area contributed by atoms with Gasteiger partial charge in [-0.2, -0.15) is 0 Å². The smallest absolute Gasteiger partial charge is 0.232 e. The van der Waals surface area contributed by atoms with Crippen LogP contribution in [0.25, 0.3) is 0 Å². The van der Waals surface area contributed by atoms with Gasteiger partial charge in [0, 0.05) is 17.7 Å². The van der Waals surface area contributed by atoms with E-state index < -0.39 is 0 Å². The second-order valence-corrected chi connectivity index (χ2v) is 7.01. The highest BCUT2D eigenvalue weighted by atomic mass is 16.5. The normalized spacial score (nSPS) is 26.8. The first-order chi connectivity index (χ1) is 11.8. The largest absolute Gasteiger partial charge is 0.457 e. The molecule has 24 heavy (non-hydrogen) atoms. The van der Waals surface area contributed by atoms with E-state index in [0.717, 1.165) is 54.1 Å². The summed E-state index contributed by atoms with van der Waals surface area (Å²) in [7, 11) is 0. The van der Waals surface area contributed by atoms with Crippen molar-refractivity contribution in [3.05, 3.63) is 59.7 Å². The van der Waals surface area contributed by atoms with Gasteiger partial charge in [0.15, 0.2) is 0 Å². The van der Waals surface area contributed by atoms with Gasteiger partial charge in [-0.15, -0.1) is 0 Å². The second-order valence-electron chi connectivity index (χ2n) is 7.01. The fourth-order valence-corrected chi connectivity index (χ4v) is 4.36. The quantitative estimate of drug-likeness (QED) is 0.913. The van der Waals surface area contributed by atoms with Crippen molar-refractivity contribution in [2.75, 3.05) is 19.6 Å². The molecular formula is C20H20N2O2. The molecule has 5 rings (SSSR count). The van der Waals surface area contributed by atoms with Gasteiger partial charge < -0.3 is 15.4 Å². The molecule has 2 heterocycles. The van der Waals surface area contributed by atoms with Crippen LogP contribution in [0.2, 0.25) is 0 Å². The van der Waals surface area contributed by atoms with E-state index in [0.29, 0.717) is 5.92 Å². The number of fused-ring (bicyclic) bond motifs is 3. The SMILES string of the molecule is O=C(NCC1C2CNCC21)C1c2ccccc2Oc2ccccc21. The number of benzene rings is 2. The summed E-state index contributed by atoms with van der Waals surface area (Å²) >= 11 is 0. The van der Waals surface area contributed by atoms with Crippen molar-refractivity contribution in [2.24, 2.45) is 17.8 Å². The Morgan fingerprint density at radius 3 is 2.21 bits per heavy atom. The zero-order valence-corrected chi connectivity index (χ0v) is 13.4. The second kappa shape index (κ2) is 5.35. The lowest BCUT2D eigenvalue weighted by atomic mass is 9.87. The highest BCUT2D eigenvalue weighted by Crippen LogP contribution is 2.48. The summed E-state index contributed by atoms with van der Waals surface area (Å²) in [5.74, 6) is 3.53. The van der Waals surface area contributed by atoms with Gasteiger partial charge in [0.05, 0.1) is 5.92 Å². The molecule has 2 atom stereocenters. The Hall–Kier alpha value is -2.33. The molecule has 2 aromatic carbocycles. The van der Waals surface area contributed by atoms with E-state index in [1.165, 1.54) is 0 Å². The van der Waals surface area contributed by atoms with E-state index in [1.54, 1.807) is 0 Å². The Balaban J connectivity index is 1.41. The van der Waals surface area contributed by atoms with Gasteiger partial charge in [0.25, 0.3) is 0 Å². The van der Waals surface area contributed by atoms with Crippen LogP contribution in [0.15, 0.2) is 48.5 Å². The van der Waals surface area contributed by atoms with Crippen LogP contribution < -0.4 is 15.4 Å². The molecule has 2 N–H and O–H groups in total. The Bertz CT molecular complexity index is 748. The minimum atomic E-state index is -0.289. The van der Waals surface area contributed by atoms with Crippen LogP contribution in [-0.4, -0.2) is 25.5 Å². The minimum Gasteiger partial charge on any atom is -0.457 e. The first-order valence-corrected chi connectivity index (χ1v) is 8.67.